The lowest BCUT2D eigenvalue weighted by Gasteiger charge is -2.11. The van der Waals surface area contributed by atoms with Crippen LogP contribution < -0.4 is 0 Å². The van der Waals surface area contributed by atoms with Gasteiger partial charge in [0.1, 0.15) is 0 Å². The standard InChI is InChI=1S/C27H24BrNO4/c1-17-6-8-21(9-7-17)26(30)24-15-29(25-13-22(28)10-11-23(24)25)14-19-4-3-5-20(12-19)16-33-18(2)27(31)32/h3-13,15,18H,14,16H2,1-2H3,(H,31,32)/t18-/m1/s1. The second-order valence-electron chi connectivity index (χ2n) is 8.14. The van der Waals surface area contributed by atoms with Gasteiger partial charge in [0.2, 0.25) is 0 Å². The normalized spacial score (nSPS) is 12.1. The first-order chi connectivity index (χ1) is 15.8. The Morgan fingerprint density at radius 2 is 1.76 bits per heavy atom. The Balaban J connectivity index is 1.65. The summed E-state index contributed by atoms with van der Waals surface area (Å²) < 4.78 is 8.43. The Morgan fingerprint density at radius 1 is 1.03 bits per heavy atom. The van der Waals surface area contributed by atoms with Gasteiger partial charge in [0.15, 0.2) is 11.9 Å². The summed E-state index contributed by atoms with van der Waals surface area (Å²) in [5.74, 6) is -0.993. The maximum Gasteiger partial charge on any atom is 0.332 e. The van der Waals surface area contributed by atoms with Crippen molar-refractivity contribution in [3.63, 3.8) is 0 Å². The van der Waals surface area contributed by atoms with Crippen molar-refractivity contribution in [3.05, 3.63) is 105 Å². The number of aryl methyl sites for hydroxylation is 1. The van der Waals surface area contributed by atoms with Crippen molar-refractivity contribution in [2.24, 2.45) is 0 Å². The van der Waals surface area contributed by atoms with Crippen LogP contribution in [0.3, 0.4) is 0 Å². The van der Waals surface area contributed by atoms with Crippen LogP contribution in [0.2, 0.25) is 0 Å². The topological polar surface area (TPSA) is 68.5 Å². The quantitative estimate of drug-likeness (QED) is 0.299. The van der Waals surface area contributed by atoms with E-state index in [2.05, 4.69) is 20.5 Å². The number of aliphatic carboxylic acids is 1. The number of ketones is 1. The highest BCUT2D eigenvalue weighted by molar-refractivity contribution is 9.10. The predicted molar refractivity (Wildman–Crippen MR) is 132 cm³/mol. The molecule has 4 aromatic rings. The monoisotopic (exact) mass is 505 g/mol. The molecule has 3 aromatic carbocycles. The molecule has 1 aromatic heterocycles. The van der Waals surface area contributed by atoms with Gasteiger partial charge in [-0.25, -0.2) is 4.79 Å². The van der Waals surface area contributed by atoms with Crippen LogP contribution in [0.5, 0.6) is 0 Å². The van der Waals surface area contributed by atoms with E-state index < -0.39 is 12.1 Å². The Hall–Kier alpha value is -3.22. The fraction of sp³-hybridized carbons (Fsp3) is 0.185. The van der Waals surface area contributed by atoms with Crippen molar-refractivity contribution in [2.75, 3.05) is 0 Å². The summed E-state index contributed by atoms with van der Waals surface area (Å²) in [7, 11) is 0. The van der Waals surface area contributed by atoms with Crippen LogP contribution in [0.1, 0.15) is 39.5 Å². The average molecular weight is 506 g/mol. The van der Waals surface area contributed by atoms with Gasteiger partial charge in [0, 0.05) is 33.7 Å². The molecular formula is C27H24BrNO4. The summed E-state index contributed by atoms with van der Waals surface area (Å²) in [5, 5.41) is 9.92. The molecule has 0 saturated carbocycles. The highest BCUT2D eigenvalue weighted by atomic mass is 79.9. The van der Waals surface area contributed by atoms with E-state index in [1.54, 1.807) is 0 Å². The van der Waals surface area contributed by atoms with Crippen molar-refractivity contribution in [2.45, 2.75) is 33.1 Å². The lowest BCUT2D eigenvalue weighted by molar-refractivity contribution is -0.149. The van der Waals surface area contributed by atoms with Crippen LogP contribution in [0.25, 0.3) is 10.9 Å². The summed E-state index contributed by atoms with van der Waals surface area (Å²) in [6, 6.07) is 21.4. The van der Waals surface area contributed by atoms with E-state index >= 15 is 0 Å². The number of aromatic nitrogens is 1. The van der Waals surface area contributed by atoms with Crippen molar-refractivity contribution in [1.82, 2.24) is 4.57 Å². The van der Waals surface area contributed by atoms with E-state index in [-0.39, 0.29) is 12.4 Å². The van der Waals surface area contributed by atoms with Gasteiger partial charge in [0.25, 0.3) is 0 Å². The lowest BCUT2D eigenvalue weighted by Crippen LogP contribution is -2.19. The lowest BCUT2D eigenvalue weighted by atomic mass is 10.0. The smallest absolute Gasteiger partial charge is 0.332 e. The van der Waals surface area contributed by atoms with Gasteiger partial charge < -0.3 is 14.4 Å². The van der Waals surface area contributed by atoms with E-state index in [0.29, 0.717) is 17.7 Å². The number of halogens is 1. The van der Waals surface area contributed by atoms with Crippen LogP contribution in [-0.2, 0) is 22.7 Å². The molecule has 6 heteroatoms. The highest BCUT2D eigenvalue weighted by Gasteiger charge is 2.17. The van der Waals surface area contributed by atoms with Gasteiger partial charge >= 0.3 is 5.97 Å². The maximum absolute atomic E-state index is 13.3. The number of fused-ring (bicyclic) bond motifs is 1. The Labute approximate surface area is 200 Å². The van der Waals surface area contributed by atoms with Gasteiger partial charge in [-0.15, -0.1) is 0 Å². The maximum atomic E-state index is 13.3. The molecule has 0 spiro atoms. The number of ether oxygens (including phenoxy) is 1. The van der Waals surface area contributed by atoms with Gasteiger partial charge in [-0.1, -0.05) is 76.1 Å². The number of carbonyl (C=O) groups excluding carboxylic acids is 1. The van der Waals surface area contributed by atoms with Crippen LogP contribution in [0.4, 0.5) is 0 Å². The van der Waals surface area contributed by atoms with Crippen LogP contribution >= 0.6 is 15.9 Å². The molecule has 33 heavy (non-hydrogen) atoms. The summed E-state index contributed by atoms with van der Waals surface area (Å²) in [6.45, 7) is 4.30. The fourth-order valence-corrected chi connectivity index (χ4v) is 4.09. The molecule has 1 heterocycles. The van der Waals surface area contributed by atoms with E-state index in [0.717, 1.165) is 32.1 Å². The molecule has 0 aliphatic rings. The molecule has 0 amide bonds. The number of carbonyl (C=O) groups is 2. The molecule has 5 nitrogen and oxygen atoms in total. The van der Waals surface area contributed by atoms with E-state index in [1.807, 2.05) is 79.9 Å². The zero-order chi connectivity index (χ0) is 23.5. The molecule has 0 aliphatic carbocycles. The Bertz CT molecular complexity index is 1320. The number of hydrogen-bond donors (Lipinski definition) is 1. The minimum atomic E-state index is -0.985. The third kappa shape index (κ3) is 5.24. The number of rotatable bonds is 8. The van der Waals surface area contributed by atoms with E-state index in [1.165, 1.54) is 6.92 Å². The summed E-state index contributed by atoms with van der Waals surface area (Å²) in [5.41, 5.74) is 5.32. The SMILES string of the molecule is Cc1ccc(C(=O)c2cn(Cc3cccc(CO[C@H](C)C(=O)O)c3)c3cc(Br)ccc23)cc1. The molecule has 0 fully saturated rings. The first-order valence-corrected chi connectivity index (χ1v) is 11.4. The van der Waals surface area contributed by atoms with Crippen LogP contribution in [0, 0.1) is 6.92 Å². The second kappa shape index (κ2) is 9.73. The first-order valence-electron chi connectivity index (χ1n) is 10.6. The predicted octanol–water partition coefficient (Wildman–Crippen LogP) is 5.98. The minimum Gasteiger partial charge on any atom is -0.479 e. The van der Waals surface area contributed by atoms with Crippen LogP contribution in [0.15, 0.2) is 77.4 Å². The molecular weight excluding hydrogens is 482 g/mol. The first kappa shape index (κ1) is 23.0. The highest BCUT2D eigenvalue weighted by Crippen LogP contribution is 2.28. The molecule has 0 saturated heterocycles. The Morgan fingerprint density at radius 3 is 2.48 bits per heavy atom. The molecule has 0 unspecified atom stereocenters. The number of hydrogen-bond acceptors (Lipinski definition) is 3. The molecule has 1 N–H and O–H groups in total. The second-order valence-corrected chi connectivity index (χ2v) is 9.05. The number of carboxylic acid groups (broad SMARTS) is 1. The van der Waals surface area contributed by atoms with Crippen molar-refractivity contribution in [1.29, 1.82) is 0 Å². The largest absolute Gasteiger partial charge is 0.479 e. The average Bonchev–Trinajstić information content (AvgIpc) is 3.15. The van der Waals surface area contributed by atoms with Crippen molar-refractivity contribution in [3.8, 4) is 0 Å². The molecule has 0 bridgehead atoms. The summed E-state index contributed by atoms with van der Waals surface area (Å²) in [6.07, 6.45) is 1.05. The molecule has 1 atom stereocenters. The third-order valence-corrected chi connectivity index (χ3v) is 6.09. The van der Waals surface area contributed by atoms with Gasteiger partial charge in [-0.05, 0) is 37.1 Å². The van der Waals surface area contributed by atoms with Gasteiger partial charge in [-0.3, -0.25) is 4.79 Å². The third-order valence-electron chi connectivity index (χ3n) is 5.59. The molecule has 4 rings (SSSR count). The summed E-state index contributed by atoms with van der Waals surface area (Å²) in [4.78, 5) is 24.3. The molecule has 0 aliphatic heterocycles. The van der Waals surface area contributed by atoms with E-state index in [9.17, 15) is 9.59 Å². The summed E-state index contributed by atoms with van der Waals surface area (Å²) >= 11 is 3.55. The minimum absolute atomic E-state index is 0.00844. The van der Waals surface area contributed by atoms with E-state index in [4.69, 9.17) is 9.84 Å². The Kier molecular flexibility index (Phi) is 6.77. The number of carboxylic acids is 1. The molecule has 0 radical (unpaired) electrons. The number of benzene rings is 3. The van der Waals surface area contributed by atoms with Crippen molar-refractivity contribution >= 4 is 38.6 Å². The van der Waals surface area contributed by atoms with Gasteiger partial charge in [-0.2, -0.15) is 0 Å². The van der Waals surface area contributed by atoms with Gasteiger partial charge in [0.05, 0.1) is 12.1 Å². The van der Waals surface area contributed by atoms with Crippen molar-refractivity contribution < 1.29 is 19.4 Å². The fourth-order valence-electron chi connectivity index (χ4n) is 3.74. The van der Waals surface area contributed by atoms with Crippen LogP contribution in [-0.4, -0.2) is 27.5 Å². The number of nitrogens with zero attached hydrogens (tertiary/aromatic N) is 1. The zero-order valence-electron chi connectivity index (χ0n) is 18.4. The zero-order valence-corrected chi connectivity index (χ0v) is 20.0. The molecule has 168 valence electrons.